The molecule has 3 nitrogen and oxygen atoms in total. The summed E-state index contributed by atoms with van der Waals surface area (Å²) >= 11 is 7.99. The Morgan fingerprint density at radius 1 is 1.50 bits per heavy atom. The first-order valence-electron chi connectivity index (χ1n) is 4.94. The van der Waals surface area contributed by atoms with Gasteiger partial charge < -0.3 is 4.57 Å². The fraction of sp³-hybridized carbons (Fsp3) is 0.778. The van der Waals surface area contributed by atoms with Gasteiger partial charge in [0, 0.05) is 11.8 Å². The van der Waals surface area contributed by atoms with Crippen molar-refractivity contribution >= 4 is 23.4 Å². The van der Waals surface area contributed by atoms with E-state index < -0.39 is 0 Å². The molecule has 78 valence electrons. The molecule has 0 radical (unpaired) electrons. The molecule has 1 unspecified atom stereocenters. The van der Waals surface area contributed by atoms with Crippen LogP contribution < -0.4 is 0 Å². The van der Waals surface area contributed by atoms with Crippen molar-refractivity contribution in [3.05, 3.63) is 11.1 Å². The molecule has 5 heteroatoms. The molecule has 1 atom stereocenters. The van der Waals surface area contributed by atoms with Crippen molar-refractivity contribution in [3.8, 4) is 0 Å². The lowest BCUT2D eigenvalue weighted by atomic mass is 10.2. The third-order valence-electron chi connectivity index (χ3n) is 2.55. The fourth-order valence-corrected chi connectivity index (χ4v) is 3.24. The van der Waals surface area contributed by atoms with Gasteiger partial charge in [-0.15, -0.1) is 10.2 Å². The molecule has 0 saturated carbocycles. The van der Waals surface area contributed by atoms with Gasteiger partial charge in [-0.2, -0.15) is 11.8 Å². The number of aryl methyl sites for hydroxylation is 1. The highest BCUT2D eigenvalue weighted by molar-refractivity contribution is 7.99. The predicted octanol–water partition coefficient (Wildman–Crippen LogP) is 2.53. The van der Waals surface area contributed by atoms with Crippen molar-refractivity contribution in [3.63, 3.8) is 0 Å². The van der Waals surface area contributed by atoms with Gasteiger partial charge in [-0.25, -0.2) is 0 Å². The first kappa shape index (κ1) is 10.3. The number of halogens is 1. The maximum atomic E-state index is 5.94. The van der Waals surface area contributed by atoms with Crippen LogP contribution in [0.4, 0.5) is 0 Å². The van der Waals surface area contributed by atoms with Crippen LogP contribution in [0.3, 0.4) is 0 Å². The molecule has 1 fully saturated rings. The van der Waals surface area contributed by atoms with Gasteiger partial charge in [0.2, 0.25) is 5.28 Å². The van der Waals surface area contributed by atoms with Crippen LogP contribution in [0.15, 0.2) is 0 Å². The van der Waals surface area contributed by atoms with Crippen LogP contribution in [0.5, 0.6) is 0 Å². The zero-order chi connectivity index (χ0) is 9.97. The first-order chi connectivity index (χ1) is 6.77. The van der Waals surface area contributed by atoms with Crippen molar-refractivity contribution in [2.24, 2.45) is 0 Å². The van der Waals surface area contributed by atoms with E-state index in [1.807, 2.05) is 23.3 Å². The van der Waals surface area contributed by atoms with E-state index in [1.165, 1.54) is 25.0 Å². The summed E-state index contributed by atoms with van der Waals surface area (Å²) in [6, 6.07) is 0. The summed E-state index contributed by atoms with van der Waals surface area (Å²) in [4.78, 5) is 0. The van der Waals surface area contributed by atoms with Crippen molar-refractivity contribution in [1.82, 2.24) is 14.8 Å². The van der Waals surface area contributed by atoms with Crippen molar-refractivity contribution < 1.29 is 0 Å². The molecule has 0 amide bonds. The number of rotatable bonds is 2. The molecular weight excluding hydrogens is 218 g/mol. The Hall–Kier alpha value is -0.220. The largest absolute Gasteiger partial charge is 0.301 e. The number of hydrogen-bond acceptors (Lipinski definition) is 3. The lowest BCUT2D eigenvalue weighted by Crippen LogP contribution is -2.17. The molecular formula is C9H14ClN3S. The van der Waals surface area contributed by atoms with Crippen LogP contribution in [0.2, 0.25) is 5.28 Å². The van der Waals surface area contributed by atoms with Gasteiger partial charge in [0.05, 0.1) is 0 Å². The molecule has 14 heavy (non-hydrogen) atoms. The Morgan fingerprint density at radius 2 is 2.36 bits per heavy atom. The predicted molar refractivity (Wildman–Crippen MR) is 59.9 cm³/mol. The van der Waals surface area contributed by atoms with Gasteiger partial charge in [-0.1, -0.05) is 6.42 Å². The summed E-state index contributed by atoms with van der Waals surface area (Å²) in [5.41, 5.74) is 0. The second-order valence-corrected chi connectivity index (χ2v) is 5.36. The standard InChI is InChI=1S/C9H14ClN3S/c1-7-11-12-9(10)13(7)6-8-4-2-3-5-14-8/h8H,2-6H2,1H3. The van der Waals surface area contributed by atoms with Crippen molar-refractivity contribution in [2.75, 3.05) is 5.75 Å². The summed E-state index contributed by atoms with van der Waals surface area (Å²) < 4.78 is 2.00. The lowest BCUT2D eigenvalue weighted by molar-refractivity contribution is 0.574. The molecule has 0 aliphatic carbocycles. The molecule has 1 saturated heterocycles. The van der Waals surface area contributed by atoms with E-state index in [0.717, 1.165) is 12.4 Å². The Kier molecular flexibility index (Phi) is 3.34. The minimum atomic E-state index is 0.522. The van der Waals surface area contributed by atoms with E-state index >= 15 is 0 Å². The minimum Gasteiger partial charge on any atom is -0.301 e. The van der Waals surface area contributed by atoms with E-state index in [0.29, 0.717) is 10.5 Å². The summed E-state index contributed by atoms with van der Waals surface area (Å²) in [5, 5.41) is 9.02. The molecule has 2 heterocycles. The van der Waals surface area contributed by atoms with Gasteiger partial charge >= 0.3 is 0 Å². The molecule has 1 aliphatic heterocycles. The third kappa shape index (κ3) is 2.23. The average molecular weight is 232 g/mol. The highest BCUT2D eigenvalue weighted by Crippen LogP contribution is 2.27. The topological polar surface area (TPSA) is 30.7 Å². The zero-order valence-corrected chi connectivity index (χ0v) is 9.81. The van der Waals surface area contributed by atoms with Crippen LogP contribution in [0, 0.1) is 6.92 Å². The summed E-state index contributed by atoms with van der Waals surface area (Å²) in [6.07, 6.45) is 3.99. The molecule has 0 bridgehead atoms. The highest BCUT2D eigenvalue weighted by Gasteiger charge is 2.17. The van der Waals surface area contributed by atoms with Crippen LogP contribution in [0.25, 0.3) is 0 Å². The fourth-order valence-electron chi connectivity index (χ4n) is 1.72. The number of aromatic nitrogens is 3. The van der Waals surface area contributed by atoms with Gasteiger partial charge in [-0.05, 0) is 37.1 Å². The average Bonchev–Trinajstić information content (AvgIpc) is 2.51. The molecule has 0 N–H and O–H groups in total. The van der Waals surface area contributed by atoms with Crippen LogP contribution in [0.1, 0.15) is 25.1 Å². The monoisotopic (exact) mass is 231 g/mol. The second-order valence-electron chi connectivity index (χ2n) is 3.62. The Morgan fingerprint density at radius 3 is 2.93 bits per heavy atom. The van der Waals surface area contributed by atoms with Gasteiger partial charge in [0.25, 0.3) is 0 Å². The number of nitrogens with zero attached hydrogens (tertiary/aromatic N) is 3. The van der Waals surface area contributed by atoms with E-state index in [9.17, 15) is 0 Å². The van der Waals surface area contributed by atoms with E-state index in [1.54, 1.807) is 0 Å². The summed E-state index contributed by atoms with van der Waals surface area (Å²) in [6.45, 7) is 2.91. The Balaban J connectivity index is 2.02. The van der Waals surface area contributed by atoms with E-state index in [-0.39, 0.29) is 0 Å². The van der Waals surface area contributed by atoms with Crippen LogP contribution in [-0.2, 0) is 6.54 Å². The van der Waals surface area contributed by atoms with E-state index in [4.69, 9.17) is 11.6 Å². The van der Waals surface area contributed by atoms with Gasteiger partial charge in [0.15, 0.2) is 0 Å². The molecule has 0 aromatic carbocycles. The molecule has 1 aromatic rings. The number of thioether (sulfide) groups is 1. The number of hydrogen-bond donors (Lipinski definition) is 0. The maximum absolute atomic E-state index is 5.94. The van der Waals surface area contributed by atoms with E-state index in [2.05, 4.69) is 10.2 Å². The lowest BCUT2D eigenvalue weighted by Gasteiger charge is -2.21. The molecule has 2 rings (SSSR count). The molecule has 1 aromatic heterocycles. The zero-order valence-electron chi connectivity index (χ0n) is 8.24. The first-order valence-corrected chi connectivity index (χ1v) is 6.37. The van der Waals surface area contributed by atoms with Crippen LogP contribution in [-0.4, -0.2) is 25.8 Å². The third-order valence-corrected chi connectivity index (χ3v) is 4.21. The molecule has 1 aliphatic rings. The SMILES string of the molecule is Cc1nnc(Cl)n1CC1CCCCS1. The quantitative estimate of drug-likeness (QED) is 0.784. The van der Waals surface area contributed by atoms with Gasteiger partial charge in [0.1, 0.15) is 5.82 Å². The van der Waals surface area contributed by atoms with Crippen molar-refractivity contribution in [2.45, 2.75) is 38.0 Å². The van der Waals surface area contributed by atoms with Gasteiger partial charge in [-0.3, -0.25) is 0 Å². The normalized spacial score (nSPS) is 22.6. The Labute approximate surface area is 93.2 Å². The smallest absolute Gasteiger partial charge is 0.225 e. The summed E-state index contributed by atoms with van der Waals surface area (Å²) in [5.74, 6) is 2.20. The highest BCUT2D eigenvalue weighted by atomic mass is 35.5. The van der Waals surface area contributed by atoms with Crippen molar-refractivity contribution in [1.29, 1.82) is 0 Å². The summed E-state index contributed by atoms with van der Waals surface area (Å²) in [7, 11) is 0. The minimum absolute atomic E-state index is 0.522. The molecule has 0 spiro atoms. The second kappa shape index (κ2) is 4.53. The van der Waals surface area contributed by atoms with Crippen LogP contribution >= 0.6 is 23.4 Å². The Bertz CT molecular complexity index is 288. The maximum Gasteiger partial charge on any atom is 0.225 e.